The summed E-state index contributed by atoms with van der Waals surface area (Å²) in [6.45, 7) is 10.9. The lowest BCUT2D eigenvalue weighted by molar-refractivity contribution is 0.135. The van der Waals surface area contributed by atoms with E-state index in [4.69, 9.17) is 0 Å². The average Bonchev–Trinajstić information content (AvgIpc) is 2.61. The van der Waals surface area contributed by atoms with Gasteiger partial charge in [-0.05, 0) is 64.4 Å². The maximum Gasteiger partial charge on any atom is 0.0328 e. The molecule has 2 saturated heterocycles. The van der Waals surface area contributed by atoms with Crippen molar-refractivity contribution in [2.24, 2.45) is 0 Å². The van der Waals surface area contributed by atoms with Gasteiger partial charge in [0.2, 0.25) is 0 Å². The Balaban J connectivity index is 1.64. The van der Waals surface area contributed by atoms with E-state index >= 15 is 0 Å². The molecule has 1 atom stereocenters. The van der Waals surface area contributed by atoms with Gasteiger partial charge in [0.25, 0.3) is 0 Å². The van der Waals surface area contributed by atoms with Crippen LogP contribution in [0, 0.1) is 13.8 Å². The average molecular weight is 278 g/mol. The van der Waals surface area contributed by atoms with Crippen molar-refractivity contribution in [3.05, 3.63) is 21.4 Å². The van der Waals surface area contributed by atoms with Crippen LogP contribution < -0.4 is 0 Å². The maximum atomic E-state index is 2.74. The number of hydrogen-bond donors (Lipinski definition) is 0. The highest BCUT2D eigenvalue weighted by Crippen LogP contribution is 2.25. The van der Waals surface area contributed by atoms with Crippen molar-refractivity contribution in [3.8, 4) is 0 Å². The summed E-state index contributed by atoms with van der Waals surface area (Å²) >= 11 is 1.99. The Morgan fingerprint density at radius 1 is 1.16 bits per heavy atom. The number of piperidine rings is 1. The van der Waals surface area contributed by atoms with Crippen LogP contribution in [0.1, 0.15) is 41.0 Å². The van der Waals surface area contributed by atoms with Crippen molar-refractivity contribution in [1.29, 1.82) is 0 Å². The lowest BCUT2D eigenvalue weighted by Gasteiger charge is -2.35. The van der Waals surface area contributed by atoms with Gasteiger partial charge in [0.15, 0.2) is 0 Å². The highest BCUT2D eigenvalue weighted by atomic mass is 32.1. The van der Waals surface area contributed by atoms with Crippen molar-refractivity contribution < 1.29 is 0 Å². The number of aryl methyl sites for hydroxylation is 2. The molecule has 0 radical (unpaired) electrons. The Labute approximate surface area is 121 Å². The van der Waals surface area contributed by atoms with E-state index in [0.717, 1.165) is 6.04 Å². The zero-order chi connectivity index (χ0) is 13.2. The van der Waals surface area contributed by atoms with Crippen LogP contribution in [0.3, 0.4) is 0 Å². The quantitative estimate of drug-likeness (QED) is 0.818. The molecule has 0 spiro atoms. The molecule has 3 heterocycles. The van der Waals surface area contributed by atoms with Gasteiger partial charge in [0, 0.05) is 28.9 Å². The number of nitrogens with zero attached hydrogens (tertiary/aromatic N) is 2. The van der Waals surface area contributed by atoms with Gasteiger partial charge in [-0.3, -0.25) is 9.80 Å². The first-order chi connectivity index (χ1) is 9.22. The predicted molar refractivity (Wildman–Crippen MR) is 82.9 cm³/mol. The summed E-state index contributed by atoms with van der Waals surface area (Å²) in [5.41, 5.74) is 1.47. The highest BCUT2D eigenvalue weighted by Gasteiger charge is 2.27. The van der Waals surface area contributed by atoms with E-state index in [1.165, 1.54) is 68.8 Å². The third-order valence-corrected chi connectivity index (χ3v) is 5.87. The third-order valence-electron chi connectivity index (χ3n) is 4.73. The molecule has 0 aliphatic carbocycles. The maximum absolute atomic E-state index is 2.74. The Bertz CT molecular complexity index is 407. The topological polar surface area (TPSA) is 6.48 Å². The molecule has 3 heteroatoms. The summed E-state index contributed by atoms with van der Waals surface area (Å²) in [7, 11) is 0. The fourth-order valence-corrected chi connectivity index (χ4v) is 4.64. The second-order valence-corrected chi connectivity index (χ2v) is 7.57. The molecule has 1 unspecified atom stereocenters. The van der Waals surface area contributed by atoms with Crippen LogP contribution in [-0.2, 0) is 6.54 Å². The van der Waals surface area contributed by atoms with Gasteiger partial charge in [-0.1, -0.05) is 6.42 Å². The first kappa shape index (κ1) is 13.6. The molecule has 106 valence electrons. The van der Waals surface area contributed by atoms with Crippen molar-refractivity contribution in [1.82, 2.24) is 9.80 Å². The van der Waals surface area contributed by atoms with Gasteiger partial charge in [0.1, 0.15) is 0 Å². The van der Waals surface area contributed by atoms with E-state index in [2.05, 4.69) is 29.7 Å². The number of rotatable bonds is 2. The standard InChI is InChI=1S/C16H26N2S/c1-13-10-16(19-14(13)2)12-17-7-5-9-18-8-4-3-6-15(18)11-17/h10,15H,3-9,11-12H2,1-2H3. The molecule has 19 heavy (non-hydrogen) atoms. The molecule has 2 aliphatic heterocycles. The van der Waals surface area contributed by atoms with Crippen LogP contribution in [0.25, 0.3) is 0 Å². The van der Waals surface area contributed by atoms with E-state index in [9.17, 15) is 0 Å². The first-order valence-corrected chi connectivity index (χ1v) is 8.56. The lowest BCUT2D eigenvalue weighted by Crippen LogP contribution is -2.43. The number of fused-ring (bicyclic) bond motifs is 1. The molecule has 2 aliphatic rings. The van der Waals surface area contributed by atoms with Crippen LogP contribution in [-0.4, -0.2) is 42.0 Å². The minimum absolute atomic E-state index is 0.832. The van der Waals surface area contributed by atoms with Crippen molar-refractivity contribution in [2.45, 2.75) is 52.1 Å². The molecular weight excluding hydrogens is 252 g/mol. The number of hydrogen-bond acceptors (Lipinski definition) is 3. The van der Waals surface area contributed by atoms with Crippen LogP contribution in [0.4, 0.5) is 0 Å². The third kappa shape index (κ3) is 3.21. The van der Waals surface area contributed by atoms with E-state index < -0.39 is 0 Å². The molecule has 1 aromatic rings. The smallest absolute Gasteiger partial charge is 0.0328 e. The summed E-state index contributed by atoms with van der Waals surface area (Å²) in [4.78, 5) is 8.48. The molecular formula is C16H26N2S. The normalized spacial score (nSPS) is 26.1. The van der Waals surface area contributed by atoms with Gasteiger partial charge >= 0.3 is 0 Å². The summed E-state index contributed by atoms with van der Waals surface area (Å²) < 4.78 is 0. The second kappa shape index (κ2) is 5.94. The van der Waals surface area contributed by atoms with Crippen molar-refractivity contribution in [2.75, 3.05) is 26.2 Å². The summed E-state index contributed by atoms with van der Waals surface area (Å²) in [6, 6.07) is 3.22. The largest absolute Gasteiger partial charge is 0.299 e. The van der Waals surface area contributed by atoms with Gasteiger partial charge in [-0.25, -0.2) is 0 Å². The fraction of sp³-hybridized carbons (Fsp3) is 0.750. The van der Waals surface area contributed by atoms with E-state index in [0.29, 0.717) is 0 Å². The second-order valence-electron chi connectivity index (χ2n) is 6.23. The fourth-order valence-electron chi connectivity index (χ4n) is 3.54. The first-order valence-electron chi connectivity index (χ1n) is 7.74. The molecule has 2 fully saturated rings. The predicted octanol–water partition coefficient (Wildman–Crippen LogP) is 3.43. The van der Waals surface area contributed by atoms with Crippen LogP contribution in [0.2, 0.25) is 0 Å². The Hall–Kier alpha value is -0.380. The summed E-state index contributed by atoms with van der Waals surface area (Å²) in [5, 5.41) is 0. The molecule has 3 rings (SSSR count). The molecule has 0 aromatic carbocycles. The van der Waals surface area contributed by atoms with E-state index in [-0.39, 0.29) is 0 Å². The SMILES string of the molecule is Cc1cc(CN2CCCN3CCCCC3C2)sc1C. The van der Waals surface area contributed by atoms with E-state index in [1.807, 2.05) is 11.3 Å². The van der Waals surface area contributed by atoms with Gasteiger partial charge in [0.05, 0.1) is 0 Å². The molecule has 2 nitrogen and oxygen atoms in total. The monoisotopic (exact) mass is 278 g/mol. The van der Waals surface area contributed by atoms with Gasteiger partial charge < -0.3 is 0 Å². The minimum Gasteiger partial charge on any atom is -0.299 e. The van der Waals surface area contributed by atoms with Crippen molar-refractivity contribution in [3.63, 3.8) is 0 Å². The zero-order valence-corrected chi connectivity index (χ0v) is 13.1. The summed E-state index contributed by atoms with van der Waals surface area (Å²) in [6.07, 6.45) is 5.62. The molecule has 0 amide bonds. The Morgan fingerprint density at radius 2 is 2.00 bits per heavy atom. The molecule has 0 saturated carbocycles. The van der Waals surface area contributed by atoms with Crippen LogP contribution in [0.15, 0.2) is 6.07 Å². The molecule has 0 N–H and O–H groups in total. The van der Waals surface area contributed by atoms with Crippen LogP contribution in [0.5, 0.6) is 0 Å². The Morgan fingerprint density at radius 3 is 2.79 bits per heavy atom. The van der Waals surface area contributed by atoms with Crippen LogP contribution >= 0.6 is 11.3 Å². The van der Waals surface area contributed by atoms with Gasteiger partial charge in [-0.15, -0.1) is 11.3 Å². The van der Waals surface area contributed by atoms with E-state index in [1.54, 1.807) is 4.88 Å². The summed E-state index contributed by atoms with van der Waals surface area (Å²) in [5.74, 6) is 0. The molecule has 1 aromatic heterocycles. The highest BCUT2D eigenvalue weighted by molar-refractivity contribution is 7.12. The zero-order valence-electron chi connectivity index (χ0n) is 12.3. The Kier molecular flexibility index (Phi) is 4.25. The molecule has 0 bridgehead atoms. The number of thiophene rings is 1. The minimum atomic E-state index is 0.832. The lowest BCUT2D eigenvalue weighted by atomic mass is 10.0. The van der Waals surface area contributed by atoms with Crippen molar-refractivity contribution >= 4 is 11.3 Å². The van der Waals surface area contributed by atoms with Gasteiger partial charge in [-0.2, -0.15) is 0 Å².